The Bertz CT molecular complexity index is 733. The van der Waals surface area contributed by atoms with Crippen LogP contribution in [-0.4, -0.2) is 50.3 Å². The van der Waals surface area contributed by atoms with Crippen molar-refractivity contribution in [3.8, 4) is 12.8 Å². The molecule has 1 aromatic heterocycles. The average molecular weight is 457 g/mol. The first-order valence-corrected chi connectivity index (χ1v) is 9.79. The number of nitrogens with zero attached hydrogens (tertiary/aromatic N) is 2. The maximum Gasteiger partial charge on any atom is 0.326 e. The fraction of sp³-hybridized carbons (Fsp3) is 0.579. The quantitative estimate of drug-likeness (QED) is 0.239. The van der Waals surface area contributed by atoms with Gasteiger partial charge in [0.1, 0.15) is 6.04 Å². The number of terminal acetylenes is 1. The molecule has 8 N–H and O–H groups in total. The number of aliphatic carboxylic acids is 2. The second-order valence-corrected chi connectivity index (χ2v) is 6.31. The van der Waals surface area contributed by atoms with E-state index in [0.717, 1.165) is 0 Å². The molecule has 13 nitrogen and oxygen atoms in total. The Morgan fingerprint density at radius 2 is 1.69 bits per heavy atom. The highest BCUT2D eigenvalue weighted by atomic mass is 16.5. The van der Waals surface area contributed by atoms with Crippen molar-refractivity contribution in [3.63, 3.8) is 0 Å². The molecule has 1 heterocycles. The van der Waals surface area contributed by atoms with Crippen molar-refractivity contribution in [3.05, 3.63) is 11.7 Å². The van der Waals surface area contributed by atoms with Crippen LogP contribution in [0.3, 0.4) is 0 Å². The van der Waals surface area contributed by atoms with Gasteiger partial charge in [0, 0.05) is 12.8 Å². The number of carboxylic acid groups (broad SMARTS) is 2. The lowest BCUT2D eigenvalue weighted by Gasteiger charge is -2.13. The first-order valence-electron chi connectivity index (χ1n) is 9.79. The van der Waals surface area contributed by atoms with Crippen molar-refractivity contribution in [1.82, 2.24) is 20.8 Å². The number of hydrogen-bond donors (Lipinski definition) is 6. The highest BCUT2D eigenvalue weighted by Crippen LogP contribution is 2.12. The zero-order chi connectivity index (χ0) is 25.1. The smallest absolute Gasteiger partial charge is 0.326 e. The molecule has 13 heteroatoms. The number of unbranched alkanes of at least 4 members (excludes halogenated alkanes) is 1. The minimum atomic E-state index is -1.36. The molecule has 0 aliphatic rings. The summed E-state index contributed by atoms with van der Waals surface area (Å²) in [5.41, 5.74) is 10.8. The Morgan fingerprint density at radius 1 is 1.09 bits per heavy atom. The molecule has 0 saturated carbocycles. The molecule has 0 spiro atoms. The molecule has 0 aliphatic heterocycles. The van der Waals surface area contributed by atoms with Crippen LogP contribution in [0.2, 0.25) is 0 Å². The van der Waals surface area contributed by atoms with Gasteiger partial charge < -0.3 is 36.8 Å². The largest absolute Gasteiger partial charge is 0.481 e. The monoisotopic (exact) mass is 456 g/mol. The van der Waals surface area contributed by atoms with Gasteiger partial charge in [-0.1, -0.05) is 31.8 Å². The number of carbonyl (C=O) groups excluding carboxylic acids is 2. The fourth-order valence-corrected chi connectivity index (χ4v) is 1.81. The molecule has 2 atom stereocenters. The van der Waals surface area contributed by atoms with Crippen LogP contribution in [0.25, 0.3) is 0 Å². The first-order chi connectivity index (χ1) is 15.1. The highest BCUT2D eigenvalue weighted by molar-refractivity contribution is 5.82. The molecule has 0 fully saturated rings. The fourth-order valence-electron chi connectivity index (χ4n) is 1.81. The van der Waals surface area contributed by atoms with Crippen LogP contribution in [-0.2, 0) is 20.9 Å². The van der Waals surface area contributed by atoms with Gasteiger partial charge >= 0.3 is 18.0 Å². The lowest BCUT2D eigenvalue weighted by Crippen LogP contribution is -2.46. The molecular formula is C19H32N6O7. The Kier molecular flexibility index (Phi) is 17.3. The van der Waals surface area contributed by atoms with Gasteiger partial charge in [-0.2, -0.15) is 4.98 Å². The van der Waals surface area contributed by atoms with E-state index < -0.39 is 42.4 Å². The number of urea groups is 1. The van der Waals surface area contributed by atoms with Crippen LogP contribution in [0.1, 0.15) is 70.1 Å². The van der Waals surface area contributed by atoms with Crippen LogP contribution < -0.4 is 22.1 Å². The second-order valence-electron chi connectivity index (χ2n) is 6.31. The van der Waals surface area contributed by atoms with Gasteiger partial charge in [-0.15, -0.1) is 12.8 Å². The van der Waals surface area contributed by atoms with Gasteiger partial charge in [0.05, 0.1) is 12.6 Å². The summed E-state index contributed by atoms with van der Waals surface area (Å²) in [6.07, 6.45) is 10.2. The molecule has 32 heavy (non-hydrogen) atoms. The van der Waals surface area contributed by atoms with E-state index in [2.05, 4.69) is 47.5 Å². The van der Waals surface area contributed by atoms with E-state index >= 15 is 0 Å². The normalized spacial score (nSPS) is 11.4. The molecule has 0 saturated heterocycles. The summed E-state index contributed by atoms with van der Waals surface area (Å²) in [7, 11) is 0. The van der Waals surface area contributed by atoms with E-state index in [4.69, 9.17) is 26.2 Å². The maximum atomic E-state index is 11.7. The Morgan fingerprint density at radius 3 is 2.16 bits per heavy atom. The first kappa shape index (κ1) is 30.5. The zero-order valence-corrected chi connectivity index (χ0v) is 18.2. The van der Waals surface area contributed by atoms with E-state index in [-0.39, 0.29) is 37.5 Å². The summed E-state index contributed by atoms with van der Waals surface area (Å²) in [4.78, 5) is 47.8. The van der Waals surface area contributed by atoms with Crippen molar-refractivity contribution in [2.75, 3.05) is 0 Å². The van der Waals surface area contributed by atoms with Gasteiger partial charge in [0.15, 0.2) is 5.82 Å². The van der Waals surface area contributed by atoms with Crippen LogP contribution in [0.5, 0.6) is 0 Å². The molecule has 180 valence electrons. The summed E-state index contributed by atoms with van der Waals surface area (Å²) in [6.45, 7) is 4.16. The summed E-state index contributed by atoms with van der Waals surface area (Å²) in [5, 5.41) is 25.6. The number of nitrogens with two attached hydrogens (primary N) is 2. The van der Waals surface area contributed by atoms with E-state index in [1.807, 2.05) is 0 Å². The Balaban J connectivity index is 0. The van der Waals surface area contributed by atoms with E-state index in [1.54, 1.807) is 0 Å². The highest BCUT2D eigenvalue weighted by Gasteiger charge is 2.21. The minimum Gasteiger partial charge on any atom is -0.481 e. The molecule has 0 aliphatic carbocycles. The Hall–Kier alpha value is -3.66. The lowest BCUT2D eigenvalue weighted by atomic mass is 10.1. The molecule has 3 amide bonds. The molecule has 1 rings (SSSR count). The number of amides is 3. The standard InChI is InChI=1S/C13H20N6O7.C4H10.C2H2/c14-6(1-3-8(15)20)11-18-9(26-19-11)5-16-13(25)17-7(12(23)24)2-4-10(21)22;1-3-4-2;1-2/h6-7H,1-5,14H2,(H2,15,20)(H,21,22)(H,23,24)(H2,16,17,25);3-4H2,1-2H3;1-2H/t6-,7-;;/m0../s1. The van der Waals surface area contributed by atoms with E-state index in [1.165, 1.54) is 12.8 Å². The van der Waals surface area contributed by atoms with Gasteiger partial charge in [-0.25, -0.2) is 9.59 Å². The summed E-state index contributed by atoms with van der Waals surface area (Å²) >= 11 is 0. The van der Waals surface area contributed by atoms with Gasteiger partial charge in [-0.05, 0) is 12.8 Å². The molecule has 0 bridgehead atoms. The third-order valence-corrected chi connectivity index (χ3v) is 3.67. The number of nitrogens with one attached hydrogen (secondary N) is 2. The maximum absolute atomic E-state index is 11.7. The van der Waals surface area contributed by atoms with Gasteiger partial charge in [-0.3, -0.25) is 9.59 Å². The summed E-state index contributed by atoms with van der Waals surface area (Å²) in [6, 6.07) is -2.87. The number of carbonyl (C=O) groups is 4. The van der Waals surface area contributed by atoms with Crippen LogP contribution in [0.4, 0.5) is 4.79 Å². The molecule has 0 aromatic carbocycles. The number of aromatic nitrogens is 2. The van der Waals surface area contributed by atoms with Crippen LogP contribution in [0.15, 0.2) is 4.52 Å². The molecule has 0 unspecified atom stereocenters. The number of primary amides is 1. The molecule has 1 aromatic rings. The lowest BCUT2D eigenvalue weighted by molar-refractivity contribution is -0.140. The van der Waals surface area contributed by atoms with E-state index in [9.17, 15) is 19.2 Å². The SMILES string of the molecule is C#C.CCCC.NC(=O)CC[C@H](N)c1noc(CNC(=O)N[C@@H](CCC(=O)O)C(=O)O)n1. The average Bonchev–Trinajstić information content (AvgIpc) is 3.24. The van der Waals surface area contributed by atoms with Crippen molar-refractivity contribution < 1.29 is 33.9 Å². The number of rotatable bonds is 12. The predicted octanol–water partition coefficient (Wildman–Crippen LogP) is 0.508. The minimum absolute atomic E-state index is 0.0158. The van der Waals surface area contributed by atoms with Crippen molar-refractivity contribution in [1.29, 1.82) is 0 Å². The van der Waals surface area contributed by atoms with Crippen molar-refractivity contribution >= 4 is 23.9 Å². The Labute approximate surface area is 186 Å². The second kappa shape index (κ2) is 18.1. The van der Waals surface area contributed by atoms with Gasteiger partial charge in [0.2, 0.25) is 11.8 Å². The van der Waals surface area contributed by atoms with Crippen LogP contribution in [0, 0.1) is 12.8 Å². The van der Waals surface area contributed by atoms with Crippen LogP contribution >= 0.6 is 0 Å². The molecular weight excluding hydrogens is 424 g/mol. The zero-order valence-electron chi connectivity index (χ0n) is 18.2. The van der Waals surface area contributed by atoms with Crippen molar-refractivity contribution in [2.45, 2.75) is 71.0 Å². The number of carboxylic acids is 2. The van der Waals surface area contributed by atoms with Crippen molar-refractivity contribution in [2.24, 2.45) is 11.5 Å². The topological polar surface area (TPSA) is 224 Å². The van der Waals surface area contributed by atoms with Gasteiger partial charge in [0.25, 0.3) is 0 Å². The predicted molar refractivity (Wildman–Crippen MR) is 114 cm³/mol. The van der Waals surface area contributed by atoms with E-state index in [0.29, 0.717) is 0 Å². The molecule has 0 radical (unpaired) electrons. The number of hydrogen-bond acceptors (Lipinski definition) is 8. The third kappa shape index (κ3) is 15.2. The summed E-state index contributed by atoms with van der Waals surface area (Å²) in [5.74, 6) is -2.90. The summed E-state index contributed by atoms with van der Waals surface area (Å²) < 4.78 is 4.88. The third-order valence-electron chi connectivity index (χ3n) is 3.67.